The van der Waals surface area contributed by atoms with Crippen molar-refractivity contribution in [2.45, 2.75) is 50.7 Å². The van der Waals surface area contributed by atoms with Crippen LogP contribution in [0, 0.1) is 5.92 Å². The highest BCUT2D eigenvalue weighted by Gasteiger charge is 2.20. The monoisotopic (exact) mass is 422 g/mol. The van der Waals surface area contributed by atoms with Gasteiger partial charge in [0.05, 0.1) is 19.0 Å². The Morgan fingerprint density at radius 2 is 2.07 bits per heavy atom. The molecule has 3 aliphatic heterocycles. The first-order valence-corrected chi connectivity index (χ1v) is 12.2. The molecular formula is C20H35N6O2P. The lowest BCUT2D eigenvalue weighted by atomic mass is 9.93. The highest BCUT2D eigenvalue weighted by molar-refractivity contribution is 7.39. The van der Waals surface area contributed by atoms with Crippen LogP contribution in [0.15, 0.2) is 12.4 Å². The van der Waals surface area contributed by atoms with E-state index in [4.69, 9.17) is 10.5 Å². The van der Waals surface area contributed by atoms with Crippen molar-refractivity contribution in [1.82, 2.24) is 20.6 Å². The highest BCUT2D eigenvalue weighted by Crippen LogP contribution is 2.28. The van der Waals surface area contributed by atoms with E-state index in [0.717, 1.165) is 72.0 Å². The molecule has 1 amide bonds. The molecule has 4 rings (SSSR count). The first-order chi connectivity index (χ1) is 14.2. The Hall–Kier alpha value is -1.50. The van der Waals surface area contributed by atoms with Crippen LogP contribution in [0.3, 0.4) is 0 Å². The number of nitrogens with zero attached hydrogens (tertiary/aromatic N) is 3. The fourth-order valence-electron chi connectivity index (χ4n) is 3.76. The quantitative estimate of drug-likeness (QED) is 0.473. The normalized spacial score (nSPS) is 23.4. The van der Waals surface area contributed by atoms with Crippen molar-refractivity contribution in [3.05, 3.63) is 12.4 Å². The van der Waals surface area contributed by atoms with Gasteiger partial charge in [0, 0.05) is 31.6 Å². The van der Waals surface area contributed by atoms with Crippen molar-refractivity contribution < 1.29 is 9.53 Å². The molecule has 1 aromatic heterocycles. The summed E-state index contributed by atoms with van der Waals surface area (Å²) >= 11 is 0. The predicted molar refractivity (Wildman–Crippen MR) is 118 cm³/mol. The molecule has 3 saturated heterocycles. The number of carbonyl (C=O) groups excluding carboxylic acids is 1. The minimum atomic E-state index is 0.214. The summed E-state index contributed by atoms with van der Waals surface area (Å²) < 4.78 is 5.71. The number of hydrogen-bond donors (Lipinski definition) is 3. The lowest BCUT2D eigenvalue weighted by Gasteiger charge is -2.22. The molecule has 4 N–H and O–H groups in total. The minimum Gasteiger partial charge on any atom is -0.477 e. The van der Waals surface area contributed by atoms with Crippen molar-refractivity contribution in [2.75, 3.05) is 44.0 Å². The number of anilines is 1. The topological polar surface area (TPSA) is 105 Å². The maximum absolute atomic E-state index is 10.4. The zero-order chi connectivity index (χ0) is 20.3. The number of amides is 1. The van der Waals surface area contributed by atoms with Crippen molar-refractivity contribution in [1.29, 1.82) is 0 Å². The molecule has 0 aliphatic carbocycles. The van der Waals surface area contributed by atoms with Crippen LogP contribution in [-0.4, -0.2) is 60.7 Å². The Balaban J connectivity index is 0.000000290. The summed E-state index contributed by atoms with van der Waals surface area (Å²) in [7, 11) is 0.788. The predicted octanol–water partition coefficient (Wildman–Crippen LogP) is 1.66. The van der Waals surface area contributed by atoms with E-state index < -0.39 is 0 Å². The van der Waals surface area contributed by atoms with E-state index in [-0.39, 0.29) is 11.7 Å². The SMILES string of the molecule is NC1CN(c2cnc(OCCCC3CCNCC3)cn2)CP1.O=C1CCCCN1. The molecule has 8 nitrogen and oxygen atoms in total. The van der Waals surface area contributed by atoms with Crippen LogP contribution in [0.1, 0.15) is 44.9 Å². The van der Waals surface area contributed by atoms with E-state index in [1.165, 1.54) is 32.4 Å². The summed E-state index contributed by atoms with van der Waals surface area (Å²) in [6.45, 7) is 4.83. The number of rotatable bonds is 6. The Morgan fingerprint density at radius 1 is 1.21 bits per heavy atom. The zero-order valence-corrected chi connectivity index (χ0v) is 18.2. The molecule has 3 fully saturated rings. The van der Waals surface area contributed by atoms with Gasteiger partial charge in [0.25, 0.3) is 0 Å². The van der Waals surface area contributed by atoms with Crippen molar-refractivity contribution in [3.63, 3.8) is 0 Å². The van der Waals surface area contributed by atoms with Gasteiger partial charge in [0.2, 0.25) is 11.8 Å². The van der Waals surface area contributed by atoms with Crippen LogP contribution < -0.4 is 26.0 Å². The van der Waals surface area contributed by atoms with Gasteiger partial charge in [-0.2, -0.15) is 0 Å². The molecule has 29 heavy (non-hydrogen) atoms. The molecule has 9 heteroatoms. The van der Waals surface area contributed by atoms with E-state index in [2.05, 4.69) is 25.5 Å². The van der Waals surface area contributed by atoms with Crippen molar-refractivity contribution in [3.8, 4) is 5.88 Å². The number of hydrogen-bond acceptors (Lipinski definition) is 7. The Morgan fingerprint density at radius 3 is 2.66 bits per heavy atom. The lowest BCUT2D eigenvalue weighted by Crippen LogP contribution is -2.28. The maximum atomic E-state index is 10.4. The van der Waals surface area contributed by atoms with Gasteiger partial charge in [-0.05, 0) is 57.5 Å². The Kier molecular flexibility index (Phi) is 9.38. The molecule has 3 aliphatic rings. The van der Waals surface area contributed by atoms with Crippen LogP contribution in [0.5, 0.6) is 5.88 Å². The van der Waals surface area contributed by atoms with Gasteiger partial charge in [0.1, 0.15) is 5.82 Å². The molecule has 2 unspecified atom stereocenters. The fraction of sp³-hybridized carbons (Fsp3) is 0.750. The Labute approximate surface area is 175 Å². The van der Waals surface area contributed by atoms with Gasteiger partial charge in [-0.3, -0.25) is 4.79 Å². The third-order valence-electron chi connectivity index (χ3n) is 5.52. The number of carbonyl (C=O) groups is 1. The zero-order valence-electron chi connectivity index (χ0n) is 17.2. The molecule has 0 spiro atoms. The summed E-state index contributed by atoms with van der Waals surface area (Å²) in [5.74, 6) is 2.89. The van der Waals surface area contributed by atoms with Crippen LogP contribution in [-0.2, 0) is 4.79 Å². The number of aromatic nitrogens is 2. The second kappa shape index (κ2) is 12.3. The largest absolute Gasteiger partial charge is 0.477 e. The smallest absolute Gasteiger partial charge is 0.232 e. The van der Waals surface area contributed by atoms with Crippen LogP contribution in [0.25, 0.3) is 0 Å². The third kappa shape index (κ3) is 8.03. The summed E-state index contributed by atoms with van der Waals surface area (Å²) in [6, 6.07) is 0. The molecule has 0 aromatic carbocycles. The first kappa shape index (κ1) is 22.2. The molecule has 0 radical (unpaired) electrons. The summed E-state index contributed by atoms with van der Waals surface area (Å²) in [5.41, 5.74) is 5.93. The van der Waals surface area contributed by atoms with Crippen LogP contribution in [0.2, 0.25) is 0 Å². The molecule has 162 valence electrons. The average Bonchev–Trinajstić information content (AvgIpc) is 3.20. The van der Waals surface area contributed by atoms with Crippen molar-refractivity contribution in [2.24, 2.45) is 11.7 Å². The molecule has 2 atom stereocenters. The summed E-state index contributed by atoms with van der Waals surface area (Å²) in [4.78, 5) is 21.3. The van der Waals surface area contributed by atoms with Gasteiger partial charge in [0.15, 0.2) is 0 Å². The number of nitrogens with one attached hydrogen (secondary N) is 2. The van der Waals surface area contributed by atoms with Gasteiger partial charge < -0.3 is 26.0 Å². The average molecular weight is 423 g/mol. The van der Waals surface area contributed by atoms with Crippen LogP contribution in [0.4, 0.5) is 5.82 Å². The minimum absolute atomic E-state index is 0.214. The fourth-order valence-corrected chi connectivity index (χ4v) is 4.86. The molecule has 1 aromatic rings. The molecule has 0 bridgehead atoms. The third-order valence-corrected chi connectivity index (χ3v) is 6.79. The van der Waals surface area contributed by atoms with E-state index >= 15 is 0 Å². The van der Waals surface area contributed by atoms with E-state index in [0.29, 0.717) is 5.88 Å². The lowest BCUT2D eigenvalue weighted by molar-refractivity contribution is -0.122. The van der Waals surface area contributed by atoms with E-state index in [1.54, 1.807) is 12.4 Å². The molecular weight excluding hydrogens is 387 g/mol. The highest BCUT2D eigenvalue weighted by atomic mass is 31.1. The Bertz CT molecular complexity index is 603. The van der Waals surface area contributed by atoms with E-state index in [9.17, 15) is 4.79 Å². The van der Waals surface area contributed by atoms with Gasteiger partial charge in [-0.1, -0.05) is 8.58 Å². The number of ether oxygens (including phenoxy) is 1. The van der Waals surface area contributed by atoms with Gasteiger partial charge >= 0.3 is 0 Å². The second-order valence-corrected chi connectivity index (χ2v) is 9.36. The van der Waals surface area contributed by atoms with Crippen molar-refractivity contribution >= 4 is 20.3 Å². The standard InChI is InChI=1S/C15H26N5OP.C5H9NO/c16-13-10-20(11-22-13)14-8-19-15(9-18-14)21-7-1-2-12-3-5-17-6-4-12;7-5-3-1-2-4-6-5/h8-9,12-13,17,22H,1-7,10-11,16H2;1-4H2,(H,6,7). The van der Waals surface area contributed by atoms with Gasteiger partial charge in [-0.25, -0.2) is 9.97 Å². The summed E-state index contributed by atoms with van der Waals surface area (Å²) in [6.07, 6.45) is 12.4. The number of nitrogens with two attached hydrogens (primary N) is 1. The first-order valence-electron chi connectivity index (χ1n) is 10.9. The maximum Gasteiger partial charge on any atom is 0.232 e. The molecule has 4 heterocycles. The van der Waals surface area contributed by atoms with Crippen LogP contribution >= 0.6 is 8.58 Å². The summed E-state index contributed by atoms with van der Waals surface area (Å²) in [5, 5.41) is 6.14. The molecule has 0 saturated carbocycles. The second-order valence-electron chi connectivity index (χ2n) is 7.90. The van der Waals surface area contributed by atoms with Gasteiger partial charge in [-0.15, -0.1) is 0 Å². The van der Waals surface area contributed by atoms with E-state index in [1.807, 2.05) is 0 Å². The number of piperidine rings is 2.